The fourth-order valence-electron chi connectivity index (χ4n) is 3.96. The number of allylic oxidation sites excluding steroid dienone is 12. The first-order valence-corrected chi connectivity index (χ1v) is 15.8. The normalized spacial score (nSPS) is 14.4. The molecule has 4 heteroatoms. The van der Waals surface area contributed by atoms with Gasteiger partial charge in [-0.1, -0.05) is 137 Å². The van der Waals surface area contributed by atoms with Crippen molar-refractivity contribution in [2.75, 3.05) is 6.61 Å². The summed E-state index contributed by atoms with van der Waals surface area (Å²) in [5.74, 6) is -0.207. The van der Waals surface area contributed by atoms with Crippen molar-refractivity contribution in [3.8, 4) is 0 Å². The highest BCUT2D eigenvalue weighted by Crippen LogP contribution is 2.09. The lowest BCUT2D eigenvalue weighted by molar-refractivity contribution is -0.122. The SMILES string of the molecule is CC/C=C\C/C=C\C/C=C\C/C=C\C/C=C\CC(=O)NC(CO)C(O)/C=C/CC/C=C/CCCCCCCCC. The summed E-state index contributed by atoms with van der Waals surface area (Å²) in [4.78, 5) is 12.2. The molecule has 0 rings (SSSR count). The number of aliphatic hydroxyl groups is 2. The molecule has 0 fully saturated rings. The van der Waals surface area contributed by atoms with E-state index in [1.54, 1.807) is 6.08 Å². The summed E-state index contributed by atoms with van der Waals surface area (Å²) < 4.78 is 0. The third kappa shape index (κ3) is 27.1. The molecule has 2 atom stereocenters. The van der Waals surface area contributed by atoms with E-state index in [9.17, 15) is 15.0 Å². The van der Waals surface area contributed by atoms with Gasteiger partial charge in [0.2, 0.25) is 5.91 Å². The number of rotatable bonds is 26. The molecule has 0 aromatic carbocycles. The van der Waals surface area contributed by atoms with E-state index in [2.05, 4.69) is 79.9 Å². The van der Waals surface area contributed by atoms with Crippen molar-refractivity contribution >= 4 is 5.91 Å². The summed E-state index contributed by atoms with van der Waals surface area (Å²) in [5.41, 5.74) is 0. The van der Waals surface area contributed by atoms with Crippen LogP contribution in [-0.2, 0) is 4.79 Å². The largest absolute Gasteiger partial charge is 0.394 e. The average Bonchev–Trinajstić information content (AvgIpc) is 2.96. The molecule has 0 aliphatic heterocycles. The van der Waals surface area contributed by atoms with E-state index in [1.165, 1.54) is 44.9 Å². The summed E-state index contributed by atoms with van der Waals surface area (Å²) in [7, 11) is 0. The molecule has 0 heterocycles. The third-order valence-corrected chi connectivity index (χ3v) is 6.39. The minimum absolute atomic E-state index is 0.207. The molecule has 0 aromatic rings. The van der Waals surface area contributed by atoms with Gasteiger partial charge in [-0.25, -0.2) is 0 Å². The van der Waals surface area contributed by atoms with Gasteiger partial charge in [0.05, 0.1) is 18.8 Å². The third-order valence-electron chi connectivity index (χ3n) is 6.39. The zero-order valence-corrected chi connectivity index (χ0v) is 25.6. The Kier molecular flexibility index (Phi) is 29.2. The lowest BCUT2D eigenvalue weighted by Crippen LogP contribution is -2.44. The summed E-state index contributed by atoms with van der Waals surface area (Å²) in [5, 5.41) is 22.6. The maximum Gasteiger partial charge on any atom is 0.224 e. The fourth-order valence-corrected chi connectivity index (χ4v) is 3.96. The second-order valence-electron chi connectivity index (χ2n) is 10.1. The van der Waals surface area contributed by atoms with Gasteiger partial charge in [-0.05, 0) is 57.8 Å². The predicted molar refractivity (Wildman–Crippen MR) is 174 cm³/mol. The van der Waals surface area contributed by atoms with Gasteiger partial charge < -0.3 is 15.5 Å². The zero-order valence-electron chi connectivity index (χ0n) is 25.6. The maximum absolute atomic E-state index is 12.2. The van der Waals surface area contributed by atoms with E-state index in [-0.39, 0.29) is 18.9 Å². The molecular weight excluding hydrogens is 494 g/mol. The van der Waals surface area contributed by atoms with E-state index < -0.39 is 12.1 Å². The van der Waals surface area contributed by atoms with Gasteiger partial charge in [0.15, 0.2) is 0 Å². The van der Waals surface area contributed by atoms with Crippen molar-refractivity contribution in [3.63, 3.8) is 0 Å². The lowest BCUT2D eigenvalue weighted by Gasteiger charge is -2.19. The lowest BCUT2D eigenvalue weighted by atomic mass is 10.1. The van der Waals surface area contributed by atoms with Crippen LogP contribution in [0.3, 0.4) is 0 Å². The van der Waals surface area contributed by atoms with E-state index in [1.807, 2.05) is 18.2 Å². The number of hydrogen-bond donors (Lipinski definition) is 3. The number of carbonyl (C=O) groups excluding carboxylic acids is 1. The van der Waals surface area contributed by atoms with Crippen LogP contribution in [0.5, 0.6) is 0 Å². The van der Waals surface area contributed by atoms with E-state index in [0.717, 1.165) is 51.4 Å². The highest BCUT2D eigenvalue weighted by atomic mass is 16.3. The van der Waals surface area contributed by atoms with Gasteiger partial charge in [0, 0.05) is 6.42 Å². The van der Waals surface area contributed by atoms with E-state index in [0.29, 0.717) is 0 Å². The van der Waals surface area contributed by atoms with Crippen LogP contribution in [-0.4, -0.2) is 34.9 Å². The first-order valence-electron chi connectivity index (χ1n) is 15.8. The average molecular weight is 554 g/mol. The standard InChI is InChI=1S/C36H59NO3/c1-3-5-7-9-11-13-15-17-18-20-22-24-26-28-30-32-36(40)37-34(33-38)35(39)31-29-27-25-23-21-19-16-14-12-10-8-6-4-2/h5,7,11,13,17-18,21-24,28-31,34-35,38-39H,3-4,6,8-10,12,14-16,19-20,25-27,32-33H2,1-2H3,(H,37,40)/b7-5-,13-11-,18-17-,23-21+,24-22-,30-28-,31-29+. The van der Waals surface area contributed by atoms with Crippen LogP contribution in [0.4, 0.5) is 0 Å². The van der Waals surface area contributed by atoms with Gasteiger partial charge in [-0.15, -0.1) is 0 Å². The van der Waals surface area contributed by atoms with Crippen LogP contribution in [0.15, 0.2) is 85.1 Å². The van der Waals surface area contributed by atoms with Gasteiger partial charge in [-0.2, -0.15) is 0 Å². The Morgan fingerprint density at radius 3 is 1.70 bits per heavy atom. The Morgan fingerprint density at radius 2 is 1.12 bits per heavy atom. The number of hydrogen-bond acceptors (Lipinski definition) is 3. The molecule has 2 unspecified atom stereocenters. The van der Waals surface area contributed by atoms with Gasteiger partial charge in [0.1, 0.15) is 0 Å². The van der Waals surface area contributed by atoms with Crippen molar-refractivity contribution in [3.05, 3.63) is 85.1 Å². The number of carbonyl (C=O) groups is 1. The van der Waals surface area contributed by atoms with Crippen molar-refractivity contribution in [2.24, 2.45) is 0 Å². The highest BCUT2D eigenvalue weighted by Gasteiger charge is 2.17. The molecule has 4 nitrogen and oxygen atoms in total. The Morgan fingerprint density at radius 1 is 0.625 bits per heavy atom. The molecule has 0 saturated carbocycles. The quantitative estimate of drug-likeness (QED) is 0.0739. The monoisotopic (exact) mass is 553 g/mol. The fraction of sp³-hybridized carbons (Fsp3) is 0.583. The molecule has 0 bridgehead atoms. The number of unbranched alkanes of at least 4 members (excludes halogenated alkanes) is 8. The first-order chi connectivity index (χ1) is 19.7. The second-order valence-corrected chi connectivity index (χ2v) is 10.1. The summed E-state index contributed by atoms with van der Waals surface area (Å²) >= 11 is 0. The summed E-state index contributed by atoms with van der Waals surface area (Å²) in [6.07, 6.45) is 45.3. The van der Waals surface area contributed by atoms with Crippen LogP contribution < -0.4 is 5.32 Å². The van der Waals surface area contributed by atoms with Crippen molar-refractivity contribution < 1.29 is 15.0 Å². The van der Waals surface area contributed by atoms with Crippen LogP contribution >= 0.6 is 0 Å². The maximum atomic E-state index is 12.2. The molecule has 0 saturated heterocycles. The van der Waals surface area contributed by atoms with Gasteiger partial charge in [-0.3, -0.25) is 4.79 Å². The minimum Gasteiger partial charge on any atom is -0.394 e. The number of amides is 1. The van der Waals surface area contributed by atoms with E-state index >= 15 is 0 Å². The minimum atomic E-state index is -0.904. The molecule has 0 aliphatic rings. The highest BCUT2D eigenvalue weighted by molar-refractivity contribution is 5.77. The zero-order chi connectivity index (χ0) is 29.4. The smallest absolute Gasteiger partial charge is 0.224 e. The number of nitrogens with one attached hydrogen (secondary N) is 1. The number of aliphatic hydroxyl groups excluding tert-OH is 2. The topological polar surface area (TPSA) is 69.6 Å². The predicted octanol–water partition coefficient (Wildman–Crippen LogP) is 9.00. The second kappa shape index (κ2) is 31.1. The molecule has 0 aromatic heterocycles. The molecule has 0 aliphatic carbocycles. The molecule has 226 valence electrons. The Bertz CT molecular complexity index is 773. The van der Waals surface area contributed by atoms with E-state index in [4.69, 9.17) is 0 Å². The molecule has 0 radical (unpaired) electrons. The van der Waals surface area contributed by atoms with Crippen molar-refractivity contribution in [2.45, 2.75) is 129 Å². The molecular formula is C36H59NO3. The molecule has 40 heavy (non-hydrogen) atoms. The molecule has 1 amide bonds. The van der Waals surface area contributed by atoms with Crippen molar-refractivity contribution in [1.82, 2.24) is 5.32 Å². The van der Waals surface area contributed by atoms with Gasteiger partial charge >= 0.3 is 0 Å². The van der Waals surface area contributed by atoms with Crippen LogP contribution in [0.2, 0.25) is 0 Å². The Balaban J connectivity index is 3.94. The summed E-state index contributed by atoms with van der Waals surface area (Å²) in [6, 6.07) is -0.695. The van der Waals surface area contributed by atoms with Crippen LogP contribution in [0, 0.1) is 0 Å². The van der Waals surface area contributed by atoms with Crippen LogP contribution in [0.1, 0.15) is 117 Å². The van der Waals surface area contributed by atoms with Crippen LogP contribution in [0.25, 0.3) is 0 Å². The Labute approximate surface area is 246 Å². The Hall–Kier alpha value is -2.43. The van der Waals surface area contributed by atoms with Gasteiger partial charge in [0.25, 0.3) is 0 Å². The van der Waals surface area contributed by atoms with Crippen molar-refractivity contribution in [1.29, 1.82) is 0 Å². The molecule has 0 spiro atoms. The first kappa shape index (κ1) is 37.6. The molecule has 3 N–H and O–H groups in total. The summed E-state index contributed by atoms with van der Waals surface area (Å²) in [6.45, 7) is 4.09.